The Morgan fingerprint density at radius 3 is 2.67 bits per heavy atom. The van der Waals surface area contributed by atoms with Crippen molar-refractivity contribution in [1.82, 2.24) is 0 Å². The lowest BCUT2D eigenvalue weighted by molar-refractivity contribution is -0.114. The van der Waals surface area contributed by atoms with Gasteiger partial charge in [-0.1, -0.05) is 12.7 Å². The lowest BCUT2D eigenvalue weighted by atomic mass is 10.3. The molecule has 0 bridgehead atoms. The minimum absolute atomic E-state index is 0.0191. The average molecular weight is 206 g/mol. The van der Waals surface area contributed by atoms with Gasteiger partial charge in [-0.15, -0.1) is 0 Å². The van der Waals surface area contributed by atoms with E-state index in [-0.39, 0.29) is 12.5 Å². The molecule has 0 saturated carbocycles. The van der Waals surface area contributed by atoms with Crippen LogP contribution in [-0.2, 0) is 4.79 Å². The second-order valence-electron chi connectivity index (χ2n) is 2.88. The lowest BCUT2D eigenvalue weighted by Crippen LogP contribution is -2.21. The molecular formula is C11H14N2O2. The topological polar surface area (TPSA) is 64.3 Å². The summed E-state index contributed by atoms with van der Waals surface area (Å²) in [5.74, 6) is 0.524. The van der Waals surface area contributed by atoms with Crippen LogP contribution in [0.4, 0.5) is 5.69 Å². The quantitative estimate of drug-likeness (QED) is 0.710. The van der Waals surface area contributed by atoms with Gasteiger partial charge < -0.3 is 15.8 Å². The highest BCUT2D eigenvalue weighted by molar-refractivity contribution is 5.92. The first-order valence-electron chi connectivity index (χ1n) is 4.60. The summed E-state index contributed by atoms with van der Waals surface area (Å²) >= 11 is 0. The predicted molar refractivity (Wildman–Crippen MR) is 59.8 cm³/mol. The first-order chi connectivity index (χ1) is 7.26. The first-order valence-corrected chi connectivity index (χ1v) is 4.60. The van der Waals surface area contributed by atoms with Crippen molar-refractivity contribution in [3.63, 3.8) is 0 Å². The molecule has 0 aliphatic heterocycles. The summed E-state index contributed by atoms with van der Waals surface area (Å²) in [6, 6.07) is 7.06. The molecule has 4 heteroatoms. The highest BCUT2D eigenvalue weighted by Crippen LogP contribution is 2.15. The maximum atomic E-state index is 11.0. The van der Waals surface area contributed by atoms with Gasteiger partial charge in [-0.05, 0) is 24.3 Å². The zero-order valence-electron chi connectivity index (χ0n) is 8.40. The molecule has 1 aromatic rings. The maximum Gasteiger partial charge on any atom is 0.238 e. The van der Waals surface area contributed by atoms with Crippen molar-refractivity contribution in [2.45, 2.75) is 0 Å². The minimum atomic E-state index is -0.213. The molecule has 4 nitrogen and oxygen atoms in total. The summed E-state index contributed by atoms with van der Waals surface area (Å²) in [5.41, 5.74) is 5.87. The van der Waals surface area contributed by atoms with Crippen LogP contribution < -0.4 is 15.8 Å². The summed E-state index contributed by atoms with van der Waals surface area (Å²) in [7, 11) is 0. The summed E-state index contributed by atoms with van der Waals surface area (Å²) in [4.78, 5) is 11.0. The van der Waals surface area contributed by atoms with Crippen LogP contribution >= 0.6 is 0 Å². The molecule has 1 amide bonds. The van der Waals surface area contributed by atoms with Crippen molar-refractivity contribution >= 4 is 11.6 Å². The van der Waals surface area contributed by atoms with Gasteiger partial charge in [0.2, 0.25) is 5.91 Å². The van der Waals surface area contributed by atoms with Crippen LogP contribution in [0.1, 0.15) is 0 Å². The normalized spacial score (nSPS) is 9.40. The van der Waals surface area contributed by atoms with E-state index in [4.69, 9.17) is 10.5 Å². The van der Waals surface area contributed by atoms with Crippen molar-refractivity contribution in [2.75, 3.05) is 18.5 Å². The van der Waals surface area contributed by atoms with Gasteiger partial charge in [0, 0.05) is 5.69 Å². The van der Waals surface area contributed by atoms with Gasteiger partial charge in [0.25, 0.3) is 0 Å². The zero-order valence-corrected chi connectivity index (χ0v) is 8.40. The number of nitrogens with one attached hydrogen (secondary N) is 1. The third-order valence-corrected chi connectivity index (χ3v) is 1.69. The molecule has 0 aliphatic rings. The number of hydrogen-bond acceptors (Lipinski definition) is 3. The van der Waals surface area contributed by atoms with E-state index >= 15 is 0 Å². The molecular weight excluding hydrogens is 192 g/mol. The van der Waals surface area contributed by atoms with Crippen molar-refractivity contribution in [1.29, 1.82) is 0 Å². The van der Waals surface area contributed by atoms with Gasteiger partial charge in [-0.25, -0.2) is 0 Å². The van der Waals surface area contributed by atoms with Crippen molar-refractivity contribution in [2.24, 2.45) is 5.73 Å². The van der Waals surface area contributed by atoms with E-state index in [2.05, 4.69) is 11.9 Å². The number of anilines is 1. The third-order valence-electron chi connectivity index (χ3n) is 1.69. The molecule has 0 radical (unpaired) electrons. The van der Waals surface area contributed by atoms with Gasteiger partial charge in [0.1, 0.15) is 12.4 Å². The maximum absolute atomic E-state index is 11.0. The van der Waals surface area contributed by atoms with E-state index in [1.165, 1.54) is 0 Å². The zero-order chi connectivity index (χ0) is 11.1. The van der Waals surface area contributed by atoms with E-state index < -0.39 is 0 Å². The van der Waals surface area contributed by atoms with Gasteiger partial charge in [-0.2, -0.15) is 0 Å². The monoisotopic (exact) mass is 206 g/mol. The molecule has 3 N–H and O–H groups in total. The van der Waals surface area contributed by atoms with Crippen LogP contribution in [0.3, 0.4) is 0 Å². The Kier molecular flexibility index (Phi) is 4.37. The molecule has 1 rings (SSSR count). The predicted octanol–water partition coefficient (Wildman–Crippen LogP) is 1.15. The molecule has 15 heavy (non-hydrogen) atoms. The molecule has 0 aliphatic carbocycles. The van der Waals surface area contributed by atoms with Gasteiger partial charge in [0.15, 0.2) is 0 Å². The Labute approximate surface area is 88.7 Å². The largest absolute Gasteiger partial charge is 0.490 e. The number of nitrogens with two attached hydrogens (primary N) is 1. The number of ether oxygens (including phenoxy) is 1. The van der Waals surface area contributed by atoms with Gasteiger partial charge in [0.05, 0.1) is 6.54 Å². The first kappa shape index (κ1) is 11.3. The Balaban J connectivity index is 2.55. The Morgan fingerprint density at radius 1 is 1.47 bits per heavy atom. The smallest absolute Gasteiger partial charge is 0.238 e. The highest BCUT2D eigenvalue weighted by atomic mass is 16.5. The molecule has 1 aromatic carbocycles. The number of rotatable bonds is 5. The molecule has 0 heterocycles. The molecule has 0 aromatic heterocycles. The van der Waals surface area contributed by atoms with Gasteiger partial charge >= 0.3 is 0 Å². The van der Waals surface area contributed by atoms with E-state index in [1.54, 1.807) is 30.3 Å². The molecule has 80 valence electrons. The second kappa shape index (κ2) is 5.82. The summed E-state index contributed by atoms with van der Waals surface area (Å²) in [6.07, 6.45) is 1.67. The van der Waals surface area contributed by atoms with Crippen molar-refractivity contribution < 1.29 is 9.53 Å². The second-order valence-corrected chi connectivity index (χ2v) is 2.88. The summed E-state index contributed by atoms with van der Waals surface area (Å²) in [5, 5.41) is 2.64. The fourth-order valence-electron chi connectivity index (χ4n) is 1.00. The summed E-state index contributed by atoms with van der Waals surface area (Å²) in [6.45, 7) is 4.00. The number of carbonyl (C=O) groups is 1. The van der Waals surface area contributed by atoms with Crippen LogP contribution in [0, 0.1) is 0 Å². The van der Waals surface area contributed by atoms with Gasteiger partial charge in [-0.3, -0.25) is 4.79 Å². The Morgan fingerprint density at radius 2 is 2.13 bits per heavy atom. The minimum Gasteiger partial charge on any atom is -0.490 e. The SMILES string of the molecule is C=CCOc1ccc(NC(=O)CN)cc1. The van der Waals surface area contributed by atoms with Crippen LogP contribution in [0.2, 0.25) is 0 Å². The van der Waals surface area contributed by atoms with Crippen molar-refractivity contribution in [3.8, 4) is 5.75 Å². The van der Waals surface area contributed by atoms with Crippen molar-refractivity contribution in [3.05, 3.63) is 36.9 Å². The highest BCUT2D eigenvalue weighted by Gasteiger charge is 1.98. The standard InChI is InChI=1S/C11H14N2O2/c1-2-7-15-10-5-3-9(4-6-10)13-11(14)8-12/h2-6H,1,7-8,12H2,(H,13,14). The van der Waals surface area contributed by atoms with Crippen LogP contribution in [-0.4, -0.2) is 19.1 Å². The molecule has 0 atom stereocenters. The van der Waals surface area contributed by atoms with E-state index in [0.29, 0.717) is 12.3 Å². The number of amides is 1. The average Bonchev–Trinajstić information content (AvgIpc) is 2.28. The Hall–Kier alpha value is -1.81. The fraction of sp³-hybridized carbons (Fsp3) is 0.182. The summed E-state index contributed by atoms with van der Waals surface area (Å²) < 4.78 is 5.29. The number of benzene rings is 1. The van der Waals surface area contributed by atoms with Crippen LogP contribution in [0.5, 0.6) is 5.75 Å². The lowest BCUT2D eigenvalue weighted by Gasteiger charge is -2.05. The molecule has 0 saturated heterocycles. The molecule has 0 fully saturated rings. The van der Waals surface area contributed by atoms with E-state index in [1.807, 2.05) is 0 Å². The third kappa shape index (κ3) is 3.83. The molecule has 0 unspecified atom stereocenters. The number of hydrogen-bond donors (Lipinski definition) is 2. The Bertz CT molecular complexity index is 333. The fourth-order valence-corrected chi connectivity index (χ4v) is 1.00. The van der Waals surface area contributed by atoms with E-state index in [0.717, 1.165) is 5.75 Å². The molecule has 0 spiro atoms. The van der Waals surface area contributed by atoms with E-state index in [9.17, 15) is 4.79 Å². The van der Waals surface area contributed by atoms with Crippen LogP contribution in [0.25, 0.3) is 0 Å². The number of carbonyl (C=O) groups excluding carboxylic acids is 1. The van der Waals surface area contributed by atoms with Crippen LogP contribution in [0.15, 0.2) is 36.9 Å².